The number of nitrogens with one attached hydrogen (secondary N) is 1. The van der Waals surface area contributed by atoms with Crippen LogP contribution in [0.2, 0.25) is 5.02 Å². The number of alkyl halides is 1. The third-order valence-electron chi connectivity index (χ3n) is 3.63. The second-order valence-electron chi connectivity index (χ2n) is 5.12. The molecule has 2 aromatic carbocycles. The predicted octanol–water partition coefficient (Wildman–Crippen LogP) is 5.39. The van der Waals surface area contributed by atoms with Gasteiger partial charge >= 0.3 is 0 Å². The van der Waals surface area contributed by atoms with Crippen molar-refractivity contribution in [3.63, 3.8) is 0 Å². The van der Waals surface area contributed by atoms with E-state index in [-0.39, 0.29) is 10.7 Å². The molecule has 1 aliphatic heterocycles. The highest BCUT2D eigenvalue weighted by atomic mass is 79.9. The van der Waals surface area contributed by atoms with E-state index in [0.29, 0.717) is 11.4 Å². The minimum absolute atomic E-state index is 0.000831. The van der Waals surface area contributed by atoms with E-state index in [1.807, 2.05) is 18.2 Å². The summed E-state index contributed by atoms with van der Waals surface area (Å²) < 4.78 is 1.05. The number of hydrogen-bond acceptors (Lipinski definition) is 1. The average molecular weight is 430 g/mol. The molecular weight excluding hydrogens is 417 g/mol. The van der Waals surface area contributed by atoms with E-state index in [1.165, 1.54) is 5.56 Å². The minimum Gasteiger partial charge on any atom is -0.325 e. The summed E-state index contributed by atoms with van der Waals surface area (Å²) in [5, 5.41) is 3.47. The Balaban J connectivity index is 2.04. The van der Waals surface area contributed by atoms with E-state index in [4.69, 9.17) is 11.6 Å². The van der Waals surface area contributed by atoms with Crippen molar-refractivity contribution in [1.82, 2.24) is 0 Å². The second-order valence-corrected chi connectivity index (χ2v) is 7.36. The molecule has 1 unspecified atom stereocenters. The maximum Gasteiger partial charge on any atom is 0.228 e. The largest absolute Gasteiger partial charge is 0.325 e. The molecular formula is C16H12Br2ClNO. The molecule has 0 fully saturated rings. The lowest BCUT2D eigenvalue weighted by molar-refractivity contribution is -0.115. The lowest BCUT2D eigenvalue weighted by Crippen LogP contribution is -2.03. The molecule has 1 N–H and O–H groups in total. The van der Waals surface area contributed by atoms with E-state index in [9.17, 15) is 4.79 Å². The van der Waals surface area contributed by atoms with Crippen LogP contribution in [-0.2, 0) is 11.2 Å². The number of anilines is 1. The van der Waals surface area contributed by atoms with Crippen molar-refractivity contribution in [3.8, 4) is 0 Å². The standard InChI is InChI=1S/C16H12Br2ClNO/c1-8-4-10(17)2-3-11(8)16(18)12-5-9-6-15(21)20-14(9)7-13(12)19/h2-5,7,16H,6H2,1H3,(H,20,21). The Kier molecular flexibility index (Phi) is 4.12. The molecule has 0 aliphatic carbocycles. The minimum atomic E-state index is -0.000831. The lowest BCUT2D eigenvalue weighted by Gasteiger charge is -2.16. The first-order valence-electron chi connectivity index (χ1n) is 6.48. The summed E-state index contributed by atoms with van der Waals surface area (Å²) in [6, 6.07) is 10.0. The van der Waals surface area contributed by atoms with Crippen molar-refractivity contribution < 1.29 is 4.79 Å². The predicted molar refractivity (Wildman–Crippen MR) is 93.4 cm³/mol. The molecule has 1 amide bonds. The number of benzene rings is 2. The molecule has 0 saturated heterocycles. The maximum atomic E-state index is 11.5. The zero-order valence-electron chi connectivity index (χ0n) is 11.2. The van der Waals surface area contributed by atoms with Crippen LogP contribution in [0.1, 0.15) is 27.1 Å². The van der Waals surface area contributed by atoms with Gasteiger partial charge in [0.15, 0.2) is 0 Å². The fourth-order valence-electron chi connectivity index (χ4n) is 2.55. The van der Waals surface area contributed by atoms with Gasteiger partial charge in [-0.3, -0.25) is 4.79 Å². The summed E-state index contributed by atoms with van der Waals surface area (Å²) in [6.07, 6.45) is 0.415. The van der Waals surface area contributed by atoms with Gasteiger partial charge in [-0.1, -0.05) is 55.6 Å². The van der Waals surface area contributed by atoms with Gasteiger partial charge in [-0.15, -0.1) is 0 Å². The van der Waals surface area contributed by atoms with Crippen molar-refractivity contribution in [2.75, 3.05) is 5.32 Å². The fourth-order valence-corrected chi connectivity index (χ4v) is 4.32. The maximum absolute atomic E-state index is 11.5. The molecule has 0 aromatic heterocycles. The van der Waals surface area contributed by atoms with Crippen LogP contribution in [0, 0.1) is 6.92 Å². The second kappa shape index (κ2) is 5.75. The summed E-state index contributed by atoms with van der Waals surface area (Å²) in [7, 11) is 0. The molecule has 0 spiro atoms. The van der Waals surface area contributed by atoms with E-state index in [1.54, 1.807) is 0 Å². The Morgan fingerprint density at radius 3 is 2.71 bits per heavy atom. The van der Waals surface area contributed by atoms with E-state index in [0.717, 1.165) is 26.9 Å². The number of halogens is 3. The SMILES string of the molecule is Cc1cc(Br)ccc1C(Br)c1cc2c(cc1Cl)NC(=O)C2. The van der Waals surface area contributed by atoms with Gasteiger partial charge in [0.1, 0.15) is 0 Å². The van der Waals surface area contributed by atoms with Crippen LogP contribution in [0.25, 0.3) is 0 Å². The Hall–Kier alpha value is -0.840. The highest BCUT2D eigenvalue weighted by Crippen LogP contribution is 2.40. The van der Waals surface area contributed by atoms with Crippen LogP contribution in [0.5, 0.6) is 0 Å². The van der Waals surface area contributed by atoms with Crippen LogP contribution < -0.4 is 5.32 Å². The molecule has 0 bridgehead atoms. The molecule has 0 saturated carbocycles. The van der Waals surface area contributed by atoms with Crippen molar-refractivity contribution in [1.29, 1.82) is 0 Å². The molecule has 2 aromatic rings. The first-order chi connectivity index (χ1) is 9.95. The van der Waals surface area contributed by atoms with Gasteiger partial charge in [0.25, 0.3) is 0 Å². The van der Waals surface area contributed by atoms with E-state index in [2.05, 4.69) is 56.2 Å². The van der Waals surface area contributed by atoms with Crippen LogP contribution in [0.4, 0.5) is 5.69 Å². The summed E-state index contributed by atoms with van der Waals surface area (Å²) >= 11 is 13.6. The molecule has 0 radical (unpaired) electrons. The topological polar surface area (TPSA) is 29.1 Å². The van der Waals surface area contributed by atoms with Gasteiger partial charge in [-0.05, 0) is 47.4 Å². The molecule has 5 heteroatoms. The summed E-state index contributed by atoms with van der Waals surface area (Å²) in [5.41, 5.74) is 5.14. The zero-order valence-corrected chi connectivity index (χ0v) is 15.1. The summed E-state index contributed by atoms with van der Waals surface area (Å²) in [6.45, 7) is 2.07. The molecule has 2 nitrogen and oxygen atoms in total. The number of amides is 1. The first-order valence-corrected chi connectivity index (χ1v) is 8.56. The van der Waals surface area contributed by atoms with E-state index < -0.39 is 0 Å². The number of fused-ring (bicyclic) bond motifs is 1. The smallest absolute Gasteiger partial charge is 0.228 e. The molecule has 21 heavy (non-hydrogen) atoms. The van der Waals surface area contributed by atoms with Gasteiger partial charge < -0.3 is 5.32 Å². The monoisotopic (exact) mass is 427 g/mol. The molecule has 1 heterocycles. The van der Waals surface area contributed by atoms with Gasteiger partial charge in [0.2, 0.25) is 5.91 Å². The van der Waals surface area contributed by atoms with Crippen LogP contribution in [-0.4, -0.2) is 5.91 Å². The Morgan fingerprint density at radius 2 is 2.00 bits per heavy atom. The third-order valence-corrected chi connectivity index (χ3v) is 5.43. The van der Waals surface area contributed by atoms with Crippen molar-refractivity contribution in [2.45, 2.75) is 18.2 Å². The summed E-state index contributed by atoms with van der Waals surface area (Å²) in [5.74, 6) is 0.0177. The Labute approximate surface area is 145 Å². The van der Waals surface area contributed by atoms with Crippen LogP contribution in [0.15, 0.2) is 34.8 Å². The van der Waals surface area contributed by atoms with Gasteiger partial charge in [0.05, 0.1) is 11.2 Å². The lowest BCUT2D eigenvalue weighted by atomic mass is 9.98. The van der Waals surface area contributed by atoms with Crippen LogP contribution >= 0.6 is 43.5 Å². The number of rotatable bonds is 2. The van der Waals surface area contributed by atoms with E-state index >= 15 is 0 Å². The van der Waals surface area contributed by atoms with Crippen molar-refractivity contribution >= 4 is 55.1 Å². The van der Waals surface area contributed by atoms with Crippen molar-refractivity contribution in [2.24, 2.45) is 0 Å². The van der Waals surface area contributed by atoms with Crippen molar-refractivity contribution in [3.05, 3.63) is 62.1 Å². The number of hydrogen-bond donors (Lipinski definition) is 1. The highest BCUT2D eigenvalue weighted by Gasteiger charge is 2.23. The Bertz CT molecular complexity index is 745. The third kappa shape index (κ3) is 2.89. The van der Waals surface area contributed by atoms with Gasteiger partial charge in [0, 0.05) is 15.2 Å². The van der Waals surface area contributed by atoms with Gasteiger partial charge in [-0.25, -0.2) is 0 Å². The number of aryl methyl sites for hydroxylation is 1. The quantitative estimate of drug-likeness (QED) is 0.637. The highest BCUT2D eigenvalue weighted by molar-refractivity contribution is 9.10. The molecule has 3 rings (SSSR count). The molecule has 1 atom stereocenters. The van der Waals surface area contributed by atoms with Gasteiger partial charge in [-0.2, -0.15) is 0 Å². The Morgan fingerprint density at radius 1 is 1.24 bits per heavy atom. The number of carbonyl (C=O) groups excluding carboxylic acids is 1. The van der Waals surface area contributed by atoms with Crippen LogP contribution in [0.3, 0.4) is 0 Å². The fraction of sp³-hybridized carbons (Fsp3) is 0.188. The molecule has 108 valence electrons. The number of carbonyl (C=O) groups is 1. The first kappa shape index (κ1) is 15.1. The summed E-state index contributed by atoms with van der Waals surface area (Å²) in [4.78, 5) is 11.5. The normalized spacial score (nSPS) is 14.8. The zero-order chi connectivity index (χ0) is 15.1. The molecule has 1 aliphatic rings. The average Bonchev–Trinajstić information content (AvgIpc) is 2.76.